The van der Waals surface area contributed by atoms with E-state index in [1.54, 1.807) is 0 Å². The molecule has 0 aliphatic rings. The maximum atomic E-state index is 12.2. The lowest BCUT2D eigenvalue weighted by molar-refractivity contribution is -0.151. The van der Waals surface area contributed by atoms with Gasteiger partial charge in [-0.05, 0) is 48.2 Å². The van der Waals surface area contributed by atoms with Crippen LogP contribution in [0.3, 0.4) is 0 Å². The minimum absolute atomic E-state index is 0.140. The van der Waals surface area contributed by atoms with Gasteiger partial charge in [-0.1, -0.05) is 124 Å². The molecule has 0 radical (unpaired) electrons. The Morgan fingerprint density at radius 3 is 1.77 bits per heavy atom. The van der Waals surface area contributed by atoms with Crippen molar-refractivity contribution in [3.63, 3.8) is 0 Å². The molecule has 3 aromatic carbocycles. The van der Waals surface area contributed by atoms with E-state index in [0.29, 0.717) is 19.6 Å². The molecule has 0 N–H and O–H groups in total. The number of carbonyl (C=O) groups excluding carboxylic acids is 1. The fraction of sp³-hybridized carbons (Fsp3) is 0.382. The van der Waals surface area contributed by atoms with Gasteiger partial charge in [0.2, 0.25) is 0 Å². The number of ether oxygens (including phenoxy) is 2. The summed E-state index contributed by atoms with van der Waals surface area (Å²) in [6.45, 7) is 13.6. The SMILES string of the molecule is CC(C)(C)C(=O)OC/C=C/C[C@@H](COCc1ccccc1)O[Si](c1ccccc1)(c1ccccc1)C(C)(C)C. The second-order valence-corrected chi connectivity index (χ2v) is 16.2. The zero-order chi connectivity index (χ0) is 28.4. The number of carbonyl (C=O) groups is 1. The topological polar surface area (TPSA) is 44.8 Å². The molecule has 0 spiro atoms. The highest BCUT2D eigenvalue weighted by Crippen LogP contribution is 2.38. The molecular weight excluding hydrogens is 500 g/mol. The summed E-state index contributed by atoms with van der Waals surface area (Å²) >= 11 is 0. The van der Waals surface area contributed by atoms with Crippen molar-refractivity contribution in [1.82, 2.24) is 0 Å². The average Bonchev–Trinajstić information content (AvgIpc) is 2.91. The normalized spacial score (nSPS) is 13.4. The minimum Gasteiger partial charge on any atom is -0.461 e. The molecule has 0 saturated heterocycles. The lowest BCUT2D eigenvalue weighted by atomic mass is 9.97. The van der Waals surface area contributed by atoms with Gasteiger partial charge in [-0.2, -0.15) is 0 Å². The second-order valence-electron chi connectivity index (χ2n) is 12.0. The monoisotopic (exact) mass is 544 g/mol. The standard InChI is InChI=1S/C34H44O4Si/c1-33(2,3)32(35)37-25-17-16-20-29(27-36-26-28-18-10-7-11-19-28)38-39(34(4,5)6,30-21-12-8-13-22-30)31-23-14-9-15-24-31/h7-19,21-24,29H,20,25-27H2,1-6H3/b17-16+/t29-/m0/s1. The predicted molar refractivity (Wildman–Crippen MR) is 163 cm³/mol. The summed E-state index contributed by atoms with van der Waals surface area (Å²) in [4.78, 5) is 12.2. The van der Waals surface area contributed by atoms with Gasteiger partial charge < -0.3 is 13.9 Å². The number of hydrogen-bond donors (Lipinski definition) is 0. The summed E-state index contributed by atoms with van der Waals surface area (Å²) in [6.07, 6.45) is 4.41. The molecule has 0 bridgehead atoms. The van der Waals surface area contributed by atoms with Crippen LogP contribution in [0.1, 0.15) is 53.5 Å². The van der Waals surface area contributed by atoms with Gasteiger partial charge in [-0.3, -0.25) is 4.79 Å². The quantitative estimate of drug-likeness (QED) is 0.145. The zero-order valence-corrected chi connectivity index (χ0v) is 25.4. The zero-order valence-electron chi connectivity index (χ0n) is 24.4. The van der Waals surface area contributed by atoms with E-state index in [1.165, 1.54) is 10.4 Å². The predicted octanol–water partition coefficient (Wildman–Crippen LogP) is 6.68. The van der Waals surface area contributed by atoms with Crippen LogP contribution in [0.15, 0.2) is 103 Å². The molecule has 208 valence electrons. The van der Waals surface area contributed by atoms with Crippen LogP contribution in [-0.2, 0) is 25.3 Å². The molecular formula is C34H44O4Si. The van der Waals surface area contributed by atoms with E-state index in [1.807, 2.05) is 51.1 Å². The van der Waals surface area contributed by atoms with Crippen LogP contribution in [0.2, 0.25) is 5.04 Å². The van der Waals surface area contributed by atoms with Gasteiger partial charge in [0.05, 0.1) is 24.7 Å². The Morgan fingerprint density at radius 2 is 1.28 bits per heavy atom. The van der Waals surface area contributed by atoms with Gasteiger partial charge in [0, 0.05) is 0 Å². The van der Waals surface area contributed by atoms with Gasteiger partial charge in [0.1, 0.15) is 6.61 Å². The van der Waals surface area contributed by atoms with Crippen LogP contribution >= 0.6 is 0 Å². The van der Waals surface area contributed by atoms with Crippen LogP contribution in [0.25, 0.3) is 0 Å². The third-order valence-corrected chi connectivity index (χ3v) is 11.8. The maximum Gasteiger partial charge on any atom is 0.311 e. The molecule has 3 aromatic rings. The molecule has 0 unspecified atom stereocenters. The summed E-state index contributed by atoms with van der Waals surface area (Å²) in [5.41, 5.74) is 0.611. The first-order valence-electron chi connectivity index (χ1n) is 13.8. The summed E-state index contributed by atoms with van der Waals surface area (Å²) in [6, 6.07) is 31.5. The van der Waals surface area contributed by atoms with E-state index in [4.69, 9.17) is 13.9 Å². The van der Waals surface area contributed by atoms with Gasteiger partial charge in [-0.25, -0.2) is 0 Å². The molecule has 0 aromatic heterocycles. The minimum atomic E-state index is -2.75. The number of esters is 1. The first kappa shape index (κ1) is 30.5. The van der Waals surface area contributed by atoms with Crippen molar-refractivity contribution in [3.05, 3.63) is 109 Å². The van der Waals surface area contributed by atoms with Crippen LogP contribution < -0.4 is 10.4 Å². The Kier molecular flexibility index (Phi) is 10.9. The van der Waals surface area contributed by atoms with Crippen LogP contribution in [0.5, 0.6) is 0 Å². The largest absolute Gasteiger partial charge is 0.461 e. The Bertz CT molecular complexity index is 1120. The molecule has 4 nitrogen and oxygen atoms in total. The average molecular weight is 545 g/mol. The molecule has 0 heterocycles. The van der Waals surface area contributed by atoms with Crippen molar-refractivity contribution in [3.8, 4) is 0 Å². The summed E-state index contributed by atoms with van der Waals surface area (Å²) in [5.74, 6) is -0.210. The molecule has 5 heteroatoms. The fourth-order valence-electron chi connectivity index (χ4n) is 4.63. The summed E-state index contributed by atoms with van der Waals surface area (Å²) in [5, 5.41) is 2.33. The maximum absolute atomic E-state index is 12.2. The fourth-order valence-corrected chi connectivity index (χ4v) is 9.31. The molecule has 3 rings (SSSR count). The molecule has 0 aliphatic heterocycles. The van der Waals surface area contributed by atoms with Gasteiger partial charge >= 0.3 is 5.97 Å². The van der Waals surface area contributed by atoms with Gasteiger partial charge in [-0.15, -0.1) is 0 Å². The Hall–Kier alpha value is -2.99. The Balaban J connectivity index is 1.89. The summed E-state index contributed by atoms with van der Waals surface area (Å²) < 4.78 is 19.0. The Labute approximate surface area is 236 Å². The Morgan fingerprint density at radius 1 is 0.769 bits per heavy atom. The van der Waals surface area contributed by atoms with E-state index >= 15 is 0 Å². The van der Waals surface area contributed by atoms with Crippen molar-refractivity contribution < 1.29 is 18.7 Å². The molecule has 0 saturated carbocycles. The lowest BCUT2D eigenvalue weighted by Crippen LogP contribution is -2.68. The van der Waals surface area contributed by atoms with Gasteiger partial charge in [0.15, 0.2) is 0 Å². The molecule has 0 aliphatic carbocycles. The number of hydrogen-bond acceptors (Lipinski definition) is 4. The highest BCUT2D eigenvalue weighted by molar-refractivity contribution is 6.99. The van der Waals surface area contributed by atoms with E-state index < -0.39 is 13.7 Å². The molecule has 39 heavy (non-hydrogen) atoms. The van der Waals surface area contributed by atoms with E-state index in [-0.39, 0.29) is 23.7 Å². The van der Waals surface area contributed by atoms with E-state index in [2.05, 4.69) is 93.6 Å². The third kappa shape index (κ3) is 8.49. The van der Waals surface area contributed by atoms with Crippen molar-refractivity contribution >= 4 is 24.7 Å². The second kappa shape index (κ2) is 13.9. The van der Waals surface area contributed by atoms with Crippen molar-refractivity contribution in [2.75, 3.05) is 13.2 Å². The highest BCUT2D eigenvalue weighted by atomic mass is 28.4. The van der Waals surface area contributed by atoms with E-state index in [0.717, 1.165) is 5.56 Å². The molecule has 0 fully saturated rings. The van der Waals surface area contributed by atoms with Crippen LogP contribution in [0, 0.1) is 5.41 Å². The number of rotatable bonds is 12. The first-order valence-corrected chi connectivity index (χ1v) is 15.7. The first-order chi connectivity index (χ1) is 18.5. The third-order valence-electron chi connectivity index (χ3n) is 6.66. The van der Waals surface area contributed by atoms with Crippen molar-refractivity contribution in [1.29, 1.82) is 0 Å². The van der Waals surface area contributed by atoms with Crippen molar-refractivity contribution in [2.45, 2.75) is 65.7 Å². The summed E-state index contributed by atoms with van der Waals surface area (Å²) in [7, 11) is -2.75. The molecule has 1 atom stereocenters. The van der Waals surface area contributed by atoms with Crippen LogP contribution in [0.4, 0.5) is 0 Å². The highest BCUT2D eigenvalue weighted by Gasteiger charge is 2.51. The lowest BCUT2D eigenvalue weighted by Gasteiger charge is -2.45. The van der Waals surface area contributed by atoms with Crippen LogP contribution in [-0.4, -0.2) is 33.6 Å². The smallest absolute Gasteiger partial charge is 0.311 e. The van der Waals surface area contributed by atoms with Crippen molar-refractivity contribution in [2.24, 2.45) is 5.41 Å². The van der Waals surface area contributed by atoms with Gasteiger partial charge in [0.25, 0.3) is 8.32 Å². The number of benzene rings is 3. The molecule has 0 amide bonds. The van der Waals surface area contributed by atoms with E-state index in [9.17, 15) is 4.79 Å².